The average Bonchev–Trinajstić information content (AvgIpc) is 2.25. The molecule has 0 heterocycles. The lowest BCUT2D eigenvalue weighted by Gasteiger charge is -1.87. The van der Waals surface area contributed by atoms with Crippen molar-refractivity contribution in [3.63, 3.8) is 0 Å². The van der Waals surface area contributed by atoms with Gasteiger partial charge in [-0.2, -0.15) is 0 Å². The maximum Gasteiger partial charge on any atom is 0.205 e. The van der Waals surface area contributed by atoms with Gasteiger partial charge in [0, 0.05) is 6.42 Å². The maximum atomic E-state index is 10.8. The Labute approximate surface area is 84.5 Å². The Hall–Kier alpha value is -1.81. The zero-order chi connectivity index (χ0) is 10.2. The van der Waals surface area contributed by atoms with Gasteiger partial charge in [0.05, 0.1) is 0 Å². The number of ketones is 1. The summed E-state index contributed by atoms with van der Waals surface area (Å²) < 4.78 is 0. The fourth-order valence-electron chi connectivity index (χ4n) is 0.913. The molecule has 0 aromatic heterocycles. The van der Waals surface area contributed by atoms with Gasteiger partial charge in [0.2, 0.25) is 5.78 Å². The first-order chi connectivity index (χ1) is 6.83. The SMILES string of the molecule is CCC(=O)C#C/C=C/c1ccccc1. The highest BCUT2D eigenvalue weighted by atomic mass is 16.1. The first-order valence-corrected chi connectivity index (χ1v) is 4.59. The lowest BCUT2D eigenvalue weighted by molar-refractivity contribution is -0.113. The predicted octanol–water partition coefficient (Wildman–Crippen LogP) is 2.68. The third kappa shape index (κ3) is 3.73. The molecule has 1 aromatic carbocycles. The predicted molar refractivity (Wildman–Crippen MR) is 58.6 cm³/mol. The number of hydrogen-bond acceptors (Lipinski definition) is 1. The second-order valence-electron chi connectivity index (χ2n) is 2.79. The van der Waals surface area contributed by atoms with E-state index >= 15 is 0 Å². The Bertz CT molecular complexity index is 377. The number of rotatable bonds is 2. The van der Waals surface area contributed by atoms with Crippen molar-refractivity contribution < 1.29 is 4.79 Å². The summed E-state index contributed by atoms with van der Waals surface area (Å²) in [5, 5.41) is 0. The van der Waals surface area contributed by atoms with Crippen molar-refractivity contribution in [1.29, 1.82) is 0 Å². The van der Waals surface area contributed by atoms with Gasteiger partial charge in [-0.05, 0) is 23.6 Å². The normalized spacial score (nSPS) is 9.50. The molecule has 0 unspecified atom stereocenters. The van der Waals surface area contributed by atoms with Gasteiger partial charge in [0.15, 0.2) is 0 Å². The number of benzene rings is 1. The van der Waals surface area contributed by atoms with E-state index in [0.29, 0.717) is 6.42 Å². The van der Waals surface area contributed by atoms with E-state index in [-0.39, 0.29) is 5.78 Å². The molecule has 0 aliphatic heterocycles. The van der Waals surface area contributed by atoms with Crippen LogP contribution < -0.4 is 0 Å². The van der Waals surface area contributed by atoms with Gasteiger partial charge in [-0.15, -0.1) is 0 Å². The van der Waals surface area contributed by atoms with E-state index in [1.165, 1.54) is 0 Å². The van der Waals surface area contributed by atoms with E-state index in [1.807, 2.05) is 36.4 Å². The van der Waals surface area contributed by atoms with Crippen LogP contribution >= 0.6 is 0 Å². The summed E-state index contributed by atoms with van der Waals surface area (Å²) in [5.74, 6) is 5.21. The van der Waals surface area contributed by atoms with E-state index in [4.69, 9.17) is 0 Å². The van der Waals surface area contributed by atoms with Crippen LogP contribution in [0.3, 0.4) is 0 Å². The van der Waals surface area contributed by atoms with Gasteiger partial charge in [-0.1, -0.05) is 43.2 Å². The molecular formula is C13H12O. The molecule has 0 fully saturated rings. The largest absolute Gasteiger partial charge is 0.285 e. The summed E-state index contributed by atoms with van der Waals surface area (Å²) in [5.41, 5.74) is 1.09. The Morgan fingerprint density at radius 2 is 2.07 bits per heavy atom. The van der Waals surface area contributed by atoms with E-state index in [1.54, 1.807) is 13.0 Å². The fourth-order valence-corrected chi connectivity index (χ4v) is 0.913. The summed E-state index contributed by atoms with van der Waals surface area (Å²) in [7, 11) is 0. The molecule has 0 atom stereocenters. The van der Waals surface area contributed by atoms with Crippen LogP contribution in [0.15, 0.2) is 36.4 Å². The van der Waals surface area contributed by atoms with E-state index in [0.717, 1.165) is 5.56 Å². The van der Waals surface area contributed by atoms with E-state index in [9.17, 15) is 4.79 Å². The van der Waals surface area contributed by atoms with Gasteiger partial charge in [-0.3, -0.25) is 4.79 Å². The molecule has 70 valence electrons. The Balaban J connectivity index is 2.56. The van der Waals surface area contributed by atoms with Crippen molar-refractivity contribution in [1.82, 2.24) is 0 Å². The summed E-state index contributed by atoms with van der Waals surface area (Å²) in [6.07, 6.45) is 4.06. The smallest absolute Gasteiger partial charge is 0.205 e. The topological polar surface area (TPSA) is 17.1 Å². The summed E-state index contributed by atoms with van der Waals surface area (Å²) >= 11 is 0. The maximum absolute atomic E-state index is 10.8. The summed E-state index contributed by atoms with van der Waals surface area (Å²) in [4.78, 5) is 10.8. The third-order valence-electron chi connectivity index (χ3n) is 1.69. The third-order valence-corrected chi connectivity index (χ3v) is 1.69. The van der Waals surface area contributed by atoms with Crippen LogP contribution in [0, 0.1) is 11.8 Å². The van der Waals surface area contributed by atoms with Crippen molar-refractivity contribution in [2.75, 3.05) is 0 Å². The zero-order valence-electron chi connectivity index (χ0n) is 8.16. The van der Waals surface area contributed by atoms with Gasteiger partial charge in [0.25, 0.3) is 0 Å². The molecule has 0 saturated carbocycles. The van der Waals surface area contributed by atoms with Crippen LogP contribution in [0.1, 0.15) is 18.9 Å². The van der Waals surface area contributed by atoms with Crippen molar-refractivity contribution in [2.24, 2.45) is 0 Å². The minimum Gasteiger partial charge on any atom is -0.285 e. The molecule has 1 heteroatoms. The number of carbonyl (C=O) groups excluding carboxylic acids is 1. The van der Waals surface area contributed by atoms with Crippen molar-refractivity contribution >= 4 is 11.9 Å². The molecule has 14 heavy (non-hydrogen) atoms. The van der Waals surface area contributed by atoms with Crippen LogP contribution in [0.4, 0.5) is 0 Å². The fraction of sp³-hybridized carbons (Fsp3) is 0.154. The number of allylic oxidation sites excluding steroid dienone is 1. The minimum atomic E-state index is -0.0253. The standard InChI is InChI=1S/C13H12O/c1-2-13(14)11-7-6-10-12-8-4-3-5-9-12/h3-6,8-10H,2H2,1H3/b10-6+. The quantitative estimate of drug-likeness (QED) is 0.510. The van der Waals surface area contributed by atoms with Crippen molar-refractivity contribution in [3.05, 3.63) is 42.0 Å². The first-order valence-electron chi connectivity index (χ1n) is 4.59. The Morgan fingerprint density at radius 1 is 1.36 bits per heavy atom. The Morgan fingerprint density at radius 3 is 2.71 bits per heavy atom. The van der Waals surface area contributed by atoms with Crippen LogP contribution in [0.2, 0.25) is 0 Å². The number of Topliss-reactive ketones (excluding diaryl/α,β-unsaturated/α-hetero) is 1. The van der Waals surface area contributed by atoms with Crippen molar-refractivity contribution in [3.8, 4) is 11.8 Å². The van der Waals surface area contributed by atoms with E-state index < -0.39 is 0 Å². The van der Waals surface area contributed by atoms with Crippen LogP contribution in [0.25, 0.3) is 6.08 Å². The molecule has 1 rings (SSSR count). The Kier molecular flexibility index (Phi) is 4.23. The van der Waals surface area contributed by atoms with Gasteiger partial charge >= 0.3 is 0 Å². The zero-order valence-corrected chi connectivity index (χ0v) is 8.16. The van der Waals surface area contributed by atoms with E-state index in [2.05, 4.69) is 11.8 Å². The second-order valence-corrected chi connectivity index (χ2v) is 2.79. The highest BCUT2D eigenvalue weighted by Crippen LogP contribution is 1.99. The number of hydrogen-bond donors (Lipinski definition) is 0. The molecule has 0 spiro atoms. The van der Waals surface area contributed by atoms with Crippen LogP contribution in [0.5, 0.6) is 0 Å². The summed E-state index contributed by atoms with van der Waals surface area (Å²) in [6, 6.07) is 9.86. The van der Waals surface area contributed by atoms with Gasteiger partial charge in [-0.25, -0.2) is 0 Å². The molecule has 1 nitrogen and oxygen atoms in total. The van der Waals surface area contributed by atoms with Crippen LogP contribution in [-0.2, 0) is 4.79 Å². The highest BCUT2D eigenvalue weighted by molar-refractivity contribution is 5.95. The lowest BCUT2D eigenvalue weighted by Crippen LogP contribution is -1.86. The molecule has 0 aliphatic rings. The molecule has 0 radical (unpaired) electrons. The molecule has 0 N–H and O–H groups in total. The molecule has 1 aromatic rings. The summed E-state index contributed by atoms with van der Waals surface area (Å²) in [6.45, 7) is 1.80. The van der Waals surface area contributed by atoms with Gasteiger partial charge in [0.1, 0.15) is 0 Å². The minimum absolute atomic E-state index is 0.0253. The molecule has 0 bridgehead atoms. The van der Waals surface area contributed by atoms with Crippen molar-refractivity contribution in [2.45, 2.75) is 13.3 Å². The average molecular weight is 184 g/mol. The number of carbonyl (C=O) groups is 1. The van der Waals surface area contributed by atoms with Crippen LogP contribution in [-0.4, -0.2) is 5.78 Å². The monoisotopic (exact) mass is 184 g/mol. The molecule has 0 aliphatic carbocycles. The molecule has 0 saturated heterocycles. The molecular weight excluding hydrogens is 172 g/mol. The highest BCUT2D eigenvalue weighted by Gasteiger charge is 1.85. The van der Waals surface area contributed by atoms with Gasteiger partial charge < -0.3 is 0 Å². The molecule has 0 amide bonds. The second kappa shape index (κ2) is 5.77. The lowest BCUT2D eigenvalue weighted by atomic mass is 10.2. The first kappa shape index (κ1) is 10.3.